The van der Waals surface area contributed by atoms with E-state index in [-0.39, 0.29) is 5.41 Å². The fourth-order valence-corrected chi connectivity index (χ4v) is 3.54. The summed E-state index contributed by atoms with van der Waals surface area (Å²) < 4.78 is 0. The smallest absolute Gasteiger partial charge is 0.0490 e. The van der Waals surface area contributed by atoms with E-state index in [9.17, 15) is 5.11 Å². The molecule has 0 saturated heterocycles. The lowest BCUT2D eigenvalue weighted by atomic mass is 9.95. The predicted molar refractivity (Wildman–Crippen MR) is 67.9 cm³/mol. The molecule has 1 aromatic rings. The second-order valence-corrected chi connectivity index (χ2v) is 6.37. The number of aliphatic hydroxyl groups excluding tert-OH is 1. The molecule has 1 N–H and O–H groups in total. The van der Waals surface area contributed by atoms with Crippen molar-refractivity contribution in [1.82, 2.24) is 0 Å². The minimum atomic E-state index is 0.246. The van der Waals surface area contributed by atoms with Crippen molar-refractivity contribution in [1.29, 1.82) is 0 Å². The van der Waals surface area contributed by atoms with Crippen molar-refractivity contribution in [2.45, 2.75) is 37.0 Å². The molecule has 2 aliphatic rings. The Morgan fingerprint density at radius 1 is 1.31 bits per heavy atom. The van der Waals surface area contributed by atoms with Crippen molar-refractivity contribution in [3.63, 3.8) is 0 Å². The Morgan fingerprint density at radius 3 is 2.94 bits per heavy atom. The fourth-order valence-electron chi connectivity index (χ4n) is 2.52. The van der Waals surface area contributed by atoms with Crippen molar-refractivity contribution in [2.24, 2.45) is 5.41 Å². The van der Waals surface area contributed by atoms with Gasteiger partial charge < -0.3 is 5.11 Å². The summed E-state index contributed by atoms with van der Waals surface area (Å²) in [6, 6.07) is 6.91. The molecule has 2 heteroatoms. The third-order valence-electron chi connectivity index (χ3n) is 3.84. The van der Waals surface area contributed by atoms with Gasteiger partial charge in [-0.3, -0.25) is 0 Å². The molecular formula is C14H18OS. The van der Waals surface area contributed by atoms with Crippen LogP contribution < -0.4 is 0 Å². The van der Waals surface area contributed by atoms with Gasteiger partial charge in [-0.15, -0.1) is 11.8 Å². The number of aryl methyl sites for hydroxylation is 1. The van der Waals surface area contributed by atoms with Crippen molar-refractivity contribution < 1.29 is 5.11 Å². The Kier molecular flexibility index (Phi) is 2.72. The highest BCUT2D eigenvalue weighted by Crippen LogP contribution is 2.48. The van der Waals surface area contributed by atoms with Gasteiger partial charge in [0.25, 0.3) is 0 Å². The summed E-state index contributed by atoms with van der Waals surface area (Å²) in [6.45, 7) is 0.360. The summed E-state index contributed by atoms with van der Waals surface area (Å²) in [6.07, 6.45) is 6.03. The van der Waals surface area contributed by atoms with Gasteiger partial charge in [0.15, 0.2) is 0 Å². The van der Waals surface area contributed by atoms with Gasteiger partial charge in [0.2, 0.25) is 0 Å². The minimum Gasteiger partial charge on any atom is -0.396 e. The Bertz CT molecular complexity index is 396. The van der Waals surface area contributed by atoms with E-state index in [0.29, 0.717) is 6.61 Å². The molecule has 86 valence electrons. The second-order valence-electron chi connectivity index (χ2n) is 5.23. The topological polar surface area (TPSA) is 20.2 Å². The van der Waals surface area contributed by atoms with Crippen LogP contribution in [0.3, 0.4) is 0 Å². The molecule has 1 nitrogen and oxygen atoms in total. The van der Waals surface area contributed by atoms with E-state index in [2.05, 4.69) is 18.2 Å². The van der Waals surface area contributed by atoms with Crippen LogP contribution in [0.4, 0.5) is 0 Å². The highest BCUT2D eigenvalue weighted by atomic mass is 32.2. The van der Waals surface area contributed by atoms with Gasteiger partial charge in [-0.05, 0) is 60.5 Å². The van der Waals surface area contributed by atoms with Crippen LogP contribution in [0.25, 0.3) is 0 Å². The third kappa shape index (κ3) is 2.01. The number of fused-ring (bicyclic) bond motifs is 1. The number of hydrogen-bond acceptors (Lipinski definition) is 2. The maximum atomic E-state index is 9.35. The van der Waals surface area contributed by atoms with E-state index in [1.165, 1.54) is 47.5 Å². The molecule has 1 fully saturated rings. The monoisotopic (exact) mass is 234 g/mol. The average Bonchev–Trinajstić information content (AvgIpc) is 3.09. The number of rotatable bonds is 3. The van der Waals surface area contributed by atoms with Gasteiger partial charge in [-0.2, -0.15) is 0 Å². The lowest BCUT2D eigenvalue weighted by Gasteiger charge is -2.18. The van der Waals surface area contributed by atoms with Gasteiger partial charge in [-0.25, -0.2) is 0 Å². The number of hydrogen-bond donors (Lipinski definition) is 1. The molecule has 1 aromatic carbocycles. The van der Waals surface area contributed by atoms with E-state index in [4.69, 9.17) is 0 Å². The zero-order valence-corrected chi connectivity index (χ0v) is 10.4. The molecule has 0 atom stereocenters. The molecule has 1 heterocycles. The Hall–Kier alpha value is -0.470. The maximum absolute atomic E-state index is 9.35. The van der Waals surface area contributed by atoms with E-state index in [1.54, 1.807) is 0 Å². The first kappa shape index (κ1) is 10.7. The summed E-state index contributed by atoms with van der Waals surface area (Å²) >= 11 is 1.99. The Labute approximate surface area is 101 Å². The second kappa shape index (κ2) is 4.08. The van der Waals surface area contributed by atoms with Crippen LogP contribution in [-0.2, 0) is 12.8 Å². The number of aliphatic hydroxyl groups is 1. The van der Waals surface area contributed by atoms with Crippen molar-refractivity contribution in [3.8, 4) is 0 Å². The molecule has 1 aliphatic heterocycles. The molecule has 0 aromatic heterocycles. The largest absolute Gasteiger partial charge is 0.396 e. The zero-order valence-electron chi connectivity index (χ0n) is 9.54. The lowest BCUT2D eigenvalue weighted by molar-refractivity contribution is 0.211. The Balaban J connectivity index is 1.80. The first-order chi connectivity index (χ1) is 7.81. The third-order valence-corrected chi connectivity index (χ3v) is 5.05. The van der Waals surface area contributed by atoms with Crippen LogP contribution in [0.15, 0.2) is 23.1 Å². The van der Waals surface area contributed by atoms with Gasteiger partial charge in [-0.1, -0.05) is 12.1 Å². The summed E-state index contributed by atoms with van der Waals surface area (Å²) in [5.74, 6) is 1.27. The van der Waals surface area contributed by atoms with Crippen LogP contribution in [0.5, 0.6) is 0 Å². The highest BCUT2D eigenvalue weighted by molar-refractivity contribution is 7.99. The molecule has 0 amide bonds. The fraction of sp³-hybridized carbons (Fsp3) is 0.571. The summed E-state index contributed by atoms with van der Waals surface area (Å²) in [5.41, 5.74) is 3.20. The van der Waals surface area contributed by atoms with Crippen LogP contribution in [0.2, 0.25) is 0 Å². The van der Waals surface area contributed by atoms with Crippen LogP contribution in [-0.4, -0.2) is 17.5 Å². The molecule has 0 radical (unpaired) electrons. The molecular weight excluding hydrogens is 216 g/mol. The molecule has 0 unspecified atom stereocenters. The van der Waals surface area contributed by atoms with Gasteiger partial charge >= 0.3 is 0 Å². The molecule has 1 aliphatic carbocycles. The number of benzene rings is 1. The quantitative estimate of drug-likeness (QED) is 0.867. The first-order valence-electron chi connectivity index (χ1n) is 6.17. The van der Waals surface area contributed by atoms with E-state index in [1.807, 2.05) is 11.8 Å². The van der Waals surface area contributed by atoms with Crippen LogP contribution in [0.1, 0.15) is 30.4 Å². The molecule has 0 spiro atoms. The molecule has 3 rings (SSSR count). The average molecular weight is 234 g/mol. The minimum absolute atomic E-state index is 0.246. The van der Waals surface area contributed by atoms with E-state index < -0.39 is 0 Å². The lowest BCUT2D eigenvalue weighted by Crippen LogP contribution is -2.10. The maximum Gasteiger partial charge on any atom is 0.0490 e. The molecule has 16 heavy (non-hydrogen) atoms. The Morgan fingerprint density at radius 2 is 2.19 bits per heavy atom. The molecule has 1 saturated carbocycles. The van der Waals surface area contributed by atoms with E-state index >= 15 is 0 Å². The standard InChI is InChI=1S/C14H18OS/c15-10-14(5-6-14)9-11-3-4-13-12(8-11)2-1-7-16-13/h3-4,8,15H,1-2,5-7,9-10H2. The van der Waals surface area contributed by atoms with Crippen molar-refractivity contribution >= 4 is 11.8 Å². The van der Waals surface area contributed by atoms with E-state index in [0.717, 1.165) is 6.42 Å². The summed E-state index contributed by atoms with van der Waals surface area (Å²) in [7, 11) is 0. The summed E-state index contributed by atoms with van der Waals surface area (Å²) in [5, 5.41) is 9.35. The van der Waals surface area contributed by atoms with Crippen LogP contribution >= 0.6 is 11.8 Å². The van der Waals surface area contributed by atoms with Gasteiger partial charge in [0.05, 0.1) is 0 Å². The number of thioether (sulfide) groups is 1. The first-order valence-corrected chi connectivity index (χ1v) is 7.15. The predicted octanol–water partition coefficient (Wildman–Crippen LogP) is 3.04. The van der Waals surface area contributed by atoms with Gasteiger partial charge in [0, 0.05) is 11.5 Å². The van der Waals surface area contributed by atoms with Crippen molar-refractivity contribution in [2.75, 3.05) is 12.4 Å². The van der Waals surface area contributed by atoms with Crippen LogP contribution in [0, 0.1) is 5.41 Å². The van der Waals surface area contributed by atoms with Crippen molar-refractivity contribution in [3.05, 3.63) is 29.3 Å². The highest BCUT2D eigenvalue weighted by Gasteiger charge is 2.41. The zero-order chi connectivity index (χ0) is 11.0. The normalized spacial score (nSPS) is 21.6. The molecule has 0 bridgehead atoms. The SMILES string of the molecule is OCC1(Cc2ccc3c(c2)CCCS3)CC1. The summed E-state index contributed by atoms with van der Waals surface area (Å²) in [4.78, 5) is 1.48. The van der Waals surface area contributed by atoms with Gasteiger partial charge in [0.1, 0.15) is 0 Å².